The molecule has 0 bridgehead atoms. The van der Waals surface area contributed by atoms with Crippen molar-refractivity contribution >= 4 is 11.9 Å². The molecule has 0 aliphatic carbocycles. The number of rotatable bonds is 5. The van der Waals surface area contributed by atoms with Crippen LogP contribution in [-0.4, -0.2) is 129 Å². The van der Waals surface area contributed by atoms with E-state index in [2.05, 4.69) is 21.9 Å². The number of methoxy groups -OCH3 is 1. The van der Waals surface area contributed by atoms with Gasteiger partial charge in [0.25, 0.3) is 0 Å². The Morgan fingerprint density at radius 3 is 1.97 bits per heavy atom. The van der Waals surface area contributed by atoms with E-state index in [1.807, 2.05) is 26.8 Å². The summed E-state index contributed by atoms with van der Waals surface area (Å²) in [5.74, 6) is 1.07. The molecule has 0 unspecified atom stereocenters. The van der Waals surface area contributed by atoms with Crippen molar-refractivity contribution in [3.8, 4) is 5.75 Å². The number of carbonyl (C=O) groups is 2. The summed E-state index contributed by atoms with van der Waals surface area (Å²) in [5, 5.41) is 0. The van der Waals surface area contributed by atoms with E-state index in [4.69, 9.17) is 9.47 Å². The third kappa shape index (κ3) is 5.90. The number of benzene rings is 1. The normalized spacial score (nSPS) is 21.0. The van der Waals surface area contributed by atoms with Crippen LogP contribution in [0.25, 0.3) is 0 Å². The van der Waals surface area contributed by atoms with Crippen LogP contribution < -0.4 is 4.74 Å². The minimum atomic E-state index is 0.104. The first kappa shape index (κ1) is 22.8. The molecule has 0 saturated carbocycles. The third-order valence-corrected chi connectivity index (χ3v) is 6.57. The molecule has 176 valence electrons. The Balaban J connectivity index is 1.15. The van der Waals surface area contributed by atoms with Crippen molar-refractivity contribution in [3.63, 3.8) is 0 Å². The molecule has 1 aromatic rings. The van der Waals surface area contributed by atoms with Crippen molar-refractivity contribution in [1.82, 2.24) is 24.5 Å². The van der Waals surface area contributed by atoms with Crippen LogP contribution in [0.1, 0.15) is 5.56 Å². The first-order chi connectivity index (χ1) is 15.6. The zero-order valence-electron chi connectivity index (χ0n) is 19.1. The van der Waals surface area contributed by atoms with Crippen molar-refractivity contribution in [2.75, 3.05) is 92.3 Å². The predicted molar refractivity (Wildman–Crippen MR) is 121 cm³/mol. The Hall–Kier alpha value is -2.36. The van der Waals surface area contributed by atoms with Gasteiger partial charge in [-0.25, -0.2) is 4.79 Å². The summed E-state index contributed by atoms with van der Waals surface area (Å²) in [4.78, 5) is 35.8. The van der Waals surface area contributed by atoms with Crippen LogP contribution in [0.3, 0.4) is 0 Å². The predicted octanol–water partition coefficient (Wildman–Crippen LogP) is 0.409. The summed E-state index contributed by atoms with van der Waals surface area (Å²) in [7, 11) is 1.68. The van der Waals surface area contributed by atoms with E-state index in [1.165, 1.54) is 5.56 Å². The molecule has 32 heavy (non-hydrogen) atoms. The van der Waals surface area contributed by atoms with Gasteiger partial charge in [0.2, 0.25) is 5.91 Å². The molecule has 9 heteroatoms. The summed E-state index contributed by atoms with van der Waals surface area (Å²) >= 11 is 0. The molecule has 0 atom stereocenters. The van der Waals surface area contributed by atoms with Crippen molar-refractivity contribution in [2.24, 2.45) is 0 Å². The second-order valence-electron chi connectivity index (χ2n) is 8.65. The van der Waals surface area contributed by atoms with Crippen LogP contribution >= 0.6 is 0 Å². The number of carbonyl (C=O) groups excluding carboxylic acids is 2. The average Bonchev–Trinajstić information content (AvgIpc) is 2.85. The second-order valence-corrected chi connectivity index (χ2v) is 8.65. The van der Waals surface area contributed by atoms with Crippen LogP contribution in [0, 0.1) is 0 Å². The highest BCUT2D eigenvalue weighted by Gasteiger charge is 2.28. The number of hydrogen-bond acceptors (Lipinski definition) is 6. The number of urea groups is 1. The number of amides is 3. The van der Waals surface area contributed by atoms with Crippen LogP contribution in [0.4, 0.5) is 4.79 Å². The molecule has 9 nitrogen and oxygen atoms in total. The van der Waals surface area contributed by atoms with E-state index >= 15 is 0 Å². The monoisotopic (exact) mass is 445 g/mol. The van der Waals surface area contributed by atoms with Gasteiger partial charge >= 0.3 is 6.03 Å². The van der Waals surface area contributed by atoms with Gasteiger partial charge in [-0.15, -0.1) is 0 Å². The first-order valence-electron chi connectivity index (χ1n) is 11.6. The smallest absolute Gasteiger partial charge is 0.320 e. The molecular weight excluding hydrogens is 410 g/mol. The quantitative estimate of drug-likeness (QED) is 0.654. The minimum Gasteiger partial charge on any atom is -0.497 e. The van der Waals surface area contributed by atoms with Gasteiger partial charge in [0.1, 0.15) is 5.75 Å². The largest absolute Gasteiger partial charge is 0.497 e. The zero-order chi connectivity index (χ0) is 22.3. The van der Waals surface area contributed by atoms with E-state index in [0.29, 0.717) is 45.9 Å². The Morgan fingerprint density at radius 2 is 1.34 bits per heavy atom. The minimum absolute atomic E-state index is 0.104. The SMILES string of the molecule is COc1ccc(CN2CCN(C(=O)CN3CCN(C(=O)N4CCOCC4)CC3)CC2)cc1. The van der Waals surface area contributed by atoms with Gasteiger partial charge in [0.05, 0.1) is 26.9 Å². The van der Waals surface area contributed by atoms with E-state index < -0.39 is 0 Å². The molecule has 0 aromatic heterocycles. The lowest BCUT2D eigenvalue weighted by molar-refractivity contribution is -0.134. The Labute approximate surface area is 190 Å². The molecule has 3 heterocycles. The molecule has 4 rings (SSSR count). The lowest BCUT2D eigenvalue weighted by Gasteiger charge is -2.39. The van der Waals surface area contributed by atoms with Gasteiger partial charge in [-0.05, 0) is 17.7 Å². The van der Waals surface area contributed by atoms with Gasteiger partial charge in [-0.3, -0.25) is 14.6 Å². The number of hydrogen-bond donors (Lipinski definition) is 0. The van der Waals surface area contributed by atoms with Crippen LogP contribution in [0.15, 0.2) is 24.3 Å². The molecule has 0 spiro atoms. The highest BCUT2D eigenvalue weighted by atomic mass is 16.5. The molecule has 3 aliphatic heterocycles. The fourth-order valence-corrected chi connectivity index (χ4v) is 4.49. The van der Waals surface area contributed by atoms with Crippen LogP contribution in [0.2, 0.25) is 0 Å². The lowest BCUT2D eigenvalue weighted by Crippen LogP contribution is -2.56. The lowest BCUT2D eigenvalue weighted by atomic mass is 10.2. The molecule has 3 amide bonds. The van der Waals surface area contributed by atoms with Crippen molar-refractivity contribution in [2.45, 2.75) is 6.54 Å². The van der Waals surface area contributed by atoms with Crippen LogP contribution in [-0.2, 0) is 16.1 Å². The Morgan fingerprint density at radius 1 is 0.781 bits per heavy atom. The number of piperazine rings is 2. The standard InChI is InChI=1S/C23H35N5O4/c1-31-21-4-2-20(3-5-21)18-24-6-10-26(11-7-24)22(29)19-25-8-12-27(13-9-25)23(30)28-14-16-32-17-15-28/h2-5H,6-19H2,1H3. The van der Waals surface area contributed by atoms with E-state index in [1.54, 1.807) is 7.11 Å². The van der Waals surface area contributed by atoms with E-state index in [9.17, 15) is 9.59 Å². The average molecular weight is 446 g/mol. The maximum atomic E-state index is 12.8. The summed E-state index contributed by atoms with van der Waals surface area (Å²) in [6.45, 7) is 10.1. The molecular formula is C23H35N5O4. The first-order valence-corrected chi connectivity index (χ1v) is 11.6. The fraction of sp³-hybridized carbons (Fsp3) is 0.652. The van der Waals surface area contributed by atoms with Gasteiger partial charge in [0.15, 0.2) is 0 Å². The topological polar surface area (TPSA) is 68.8 Å². The molecule has 3 saturated heterocycles. The zero-order valence-corrected chi connectivity index (χ0v) is 19.1. The number of morpholine rings is 1. The van der Waals surface area contributed by atoms with Crippen molar-refractivity contribution in [3.05, 3.63) is 29.8 Å². The van der Waals surface area contributed by atoms with Crippen LogP contribution in [0.5, 0.6) is 5.75 Å². The van der Waals surface area contributed by atoms with Gasteiger partial charge in [0, 0.05) is 72.0 Å². The molecule has 1 aromatic carbocycles. The second kappa shape index (κ2) is 11.0. The summed E-state index contributed by atoms with van der Waals surface area (Å²) < 4.78 is 10.5. The molecule has 3 aliphatic rings. The Bertz CT molecular complexity index is 752. The summed E-state index contributed by atoms with van der Waals surface area (Å²) in [5.41, 5.74) is 1.26. The van der Waals surface area contributed by atoms with Gasteiger partial charge in [-0.1, -0.05) is 12.1 Å². The fourth-order valence-electron chi connectivity index (χ4n) is 4.49. The van der Waals surface area contributed by atoms with Crippen molar-refractivity contribution < 1.29 is 19.1 Å². The highest BCUT2D eigenvalue weighted by Crippen LogP contribution is 2.15. The third-order valence-electron chi connectivity index (χ3n) is 6.57. The van der Waals surface area contributed by atoms with Gasteiger partial charge < -0.3 is 24.2 Å². The highest BCUT2D eigenvalue weighted by molar-refractivity contribution is 5.78. The van der Waals surface area contributed by atoms with Gasteiger partial charge in [-0.2, -0.15) is 0 Å². The van der Waals surface area contributed by atoms with Crippen molar-refractivity contribution in [1.29, 1.82) is 0 Å². The maximum absolute atomic E-state index is 12.8. The molecule has 0 radical (unpaired) electrons. The number of ether oxygens (including phenoxy) is 2. The Kier molecular flexibility index (Phi) is 7.83. The summed E-state index contributed by atoms with van der Waals surface area (Å²) in [6, 6.07) is 8.28. The number of nitrogens with zero attached hydrogens (tertiary/aromatic N) is 5. The van der Waals surface area contributed by atoms with E-state index in [-0.39, 0.29) is 11.9 Å². The maximum Gasteiger partial charge on any atom is 0.320 e. The van der Waals surface area contributed by atoms with E-state index in [0.717, 1.165) is 51.6 Å². The molecule has 0 N–H and O–H groups in total. The summed E-state index contributed by atoms with van der Waals surface area (Å²) in [6.07, 6.45) is 0. The molecule has 3 fully saturated rings.